The van der Waals surface area contributed by atoms with Gasteiger partial charge in [0.25, 0.3) is 0 Å². The van der Waals surface area contributed by atoms with E-state index in [0.717, 1.165) is 22.4 Å². The lowest BCUT2D eigenvalue weighted by Gasteiger charge is -1.98. The highest BCUT2D eigenvalue weighted by Crippen LogP contribution is 2.37. The van der Waals surface area contributed by atoms with Crippen molar-refractivity contribution in [3.05, 3.63) is 60.2 Å². The molecule has 18 heavy (non-hydrogen) atoms. The molecule has 0 unspecified atom stereocenters. The molecule has 0 radical (unpaired) electrons. The summed E-state index contributed by atoms with van der Waals surface area (Å²) in [5, 5.41) is 8.68. The fraction of sp³-hybridized carbons (Fsp3) is 0.125. The Kier molecular flexibility index (Phi) is 4.15. The molecule has 2 heteroatoms. The number of methoxy groups -OCH3 is 1. The molecule has 2 nitrogen and oxygen atoms in total. The van der Waals surface area contributed by atoms with Crippen LogP contribution in [0.1, 0.15) is 5.56 Å². The fourth-order valence-corrected chi connectivity index (χ4v) is 1.92. The van der Waals surface area contributed by atoms with Gasteiger partial charge in [-0.15, -0.1) is 0 Å². The molecule has 0 saturated heterocycles. The zero-order chi connectivity index (χ0) is 12.8. The largest absolute Gasteiger partial charge is 0.496 e. The van der Waals surface area contributed by atoms with Crippen molar-refractivity contribution < 1.29 is 9.84 Å². The third kappa shape index (κ3) is 2.60. The predicted octanol–water partition coefficient (Wildman–Crippen LogP) is 3.36. The van der Waals surface area contributed by atoms with Gasteiger partial charge in [0.05, 0.1) is 13.7 Å². The summed E-state index contributed by atoms with van der Waals surface area (Å²) in [5.74, 6) is 0.866. The summed E-state index contributed by atoms with van der Waals surface area (Å²) in [5.41, 5.74) is 3.37. The average molecular weight is 240 g/mol. The van der Waals surface area contributed by atoms with Crippen LogP contribution in [0.2, 0.25) is 0 Å². The van der Waals surface area contributed by atoms with Gasteiger partial charge in [0.15, 0.2) is 0 Å². The summed E-state index contributed by atoms with van der Waals surface area (Å²) < 4.78 is 5.39. The summed E-state index contributed by atoms with van der Waals surface area (Å²) >= 11 is 0. The van der Waals surface area contributed by atoms with Crippen LogP contribution in [0, 0.1) is 0 Å². The number of aliphatic hydroxyl groups excluding tert-OH is 1. The summed E-state index contributed by atoms with van der Waals surface area (Å²) in [7, 11) is 1.68. The van der Waals surface area contributed by atoms with Gasteiger partial charge in [-0.1, -0.05) is 54.6 Å². The van der Waals surface area contributed by atoms with E-state index in [1.807, 2.05) is 42.5 Å². The summed E-state index contributed by atoms with van der Waals surface area (Å²) in [6, 6.07) is 12.2. The molecular weight excluding hydrogens is 224 g/mol. The van der Waals surface area contributed by atoms with Gasteiger partial charge in [-0.2, -0.15) is 0 Å². The van der Waals surface area contributed by atoms with Crippen LogP contribution in [-0.2, 0) is 0 Å². The number of ether oxygens (including phenoxy) is 1. The molecule has 92 valence electrons. The van der Waals surface area contributed by atoms with Gasteiger partial charge in [0.1, 0.15) is 5.75 Å². The molecule has 0 bridgehead atoms. The van der Waals surface area contributed by atoms with Crippen molar-refractivity contribution in [3.8, 4) is 16.9 Å². The highest BCUT2D eigenvalue weighted by atomic mass is 16.5. The Balaban J connectivity index is 2.44. The third-order valence-electron chi connectivity index (χ3n) is 2.75. The average Bonchev–Trinajstić information content (AvgIpc) is 2.57. The van der Waals surface area contributed by atoms with Crippen LogP contribution in [0.3, 0.4) is 0 Å². The first-order valence-corrected chi connectivity index (χ1v) is 5.86. The maximum atomic E-state index is 8.68. The number of fused-ring (bicyclic) bond motifs is 1. The first-order chi connectivity index (χ1) is 8.86. The van der Waals surface area contributed by atoms with Crippen molar-refractivity contribution in [3.63, 3.8) is 0 Å². The molecule has 0 fully saturated rings. The molecule has 2 aliphatic carbocycles. The monoisotopic (exact) mass is 240 g/mol. The van der Waals surface area contributed by atoms with Crippen LogP contribution in [0.25, 0.3) is 17.2 Å². The topological polar surface area (TPSA) is 29.5 Å². The number of rotatable bonds is 4. The summed E-state index contributed by atoms with van der Waals surface area (Å²) in [4.78, 5) is 0. The van der Waals surface area contributed by atoms with E-state index in [1.54, 1.807) is 13.2 Å². The van der Waals surface area contributed by atoms with E-state index in [1.165, 1.54) is 0 Å². The Morgan fingerprint density at radius 1 is 1.17 bits per heavy atom. The molecule has 2 aliphatic rings. The lowest BCUT2D eigenvalue weighted by molar-refractivity contribution is 0.343. The highest BCUT2D eigenvalue weighted by Gasteiger charge is 2.12. The molecule has 0 heterocycles. The Morgan fingerprint density at radius 3 is 2.78 bits per heavy atom. The number of aliphatic hydroxyl groups is 1. The van der Waals surface area contributed by atoms with Gasteiger partial charge in [-0.3, -0.25) is 0 Å². The van der Waals surface area contributed by atoms with Crippen molar-refractivity contribution in [1.29, 1.82) is 0 Å². The maximum Gasteiger partial charge on any atom is 0.127 e. The SMILES string of the molecule is COc1cc2cccccc-2c1/C=C/C=C/CO. The van der Waals surface area contributed by atoms with Crippen molar-refractivity contribution >= 4 is 6.08 Å². The first-order valence-electron chi connectivity index (χ1n) is 5.86. The standard InChI is InChI=1S/C16H16O2/c1-18-16-12-13-8-4-2-5-9-14(13)15(16)10-6-3-7-11-17/h2-10,12,17H,11H2,1H3/b7-3+,10-6+. The molecule has 0 aromatic carbocycles. The van der Waals surface area contributed by atoms with Crippen LogP contribution in [0.5, 0.6) is 5.75 Å². The molecule has 2 rings (SSSR count). The van der Waals surface area contributed by atoms with Gasteiger partial charge in [-0.25, -0.2) is 0 Å². The van der Waals surface area contributed by atoms with E-state index in [4.69, 9.17) is 9.84 Å². The lowest BCUT2D eigenvalue weighted by Crippen LogP contribution is -1.81. The second kappa shape index (κ2) is 6.03. The van der Waals surface area contributed by atoms with Gasteiger partial charge < -0.3 is 9.84 Å². The first kappa shape index (κ1) is 12.4. The van der Waals surface area contributed by atoms with Crippen molar-refractivity contribution in [2.24, 2.45) is 0 Å². The van der Waals surface area contributed by atoms with E-state index >= 15 is 0 Å². The maximum absolute atomic E-state index is 8.68. The van der Waals surface area contributed by atoms with Gasteiger partial charge >= 0.3 is 0 Å². The number of hydrogen-bond donors (Lipinski definition) is 1. The highest BCUT2D eigenvalue weighted by molar-refractivity contribution is 5.83. The minimum absolute atomic E-state index is 0.0538. The molecular formula is C16H16O2. The molecule has 0 spiro atoms. The minimum Gasteiger partial charge on any atom is -0.496 e. The quantitative estimate of drug-likeness (QED) is 0.830. The van der Waals surface area contributed by atoms with Crippen molar-refractivity contribution in [1.82, 2.24) is 0 Å². The van der Waals surface area contributed by atoms with Crippen LogP contribution >= 0.6 is 0 Å². The Bertz CT molecular complexity index is 541. The normalized spacial score (nSPS) is 11.7. The van der Waals surface area contributed by atoms with Gasteiger partial charge in [-0.05, 0) is 17.2 Å². The van der Waals surface area contributed by atoms with E-state index in [9.17, 15) is 0 Å². The zero-order valence-electron chi connectivity index (χ0n) is 10.3. The molecule has 0 aromatic rings. The molecule has 0 amide bonds. The third-order valence-corrected chi connectivity index (χ3v) is 2.75. The lowest BCUT2D eigenvalue weighted by atomic mass is 10.1. The predicted molar refractivity (Wildman–Crippen MR) is 74.9 cm³/mol. The molecule has 0 atom stereocenters. The molecule has 1 N–H and O–H groups in total. The second-order valence-electron chi connectivity index (χ2n) is 3.88. The second-order valence-corrected chi connectivity index (χ2v) is 3.88. The van der Waals surface area contributed by atoms with Crippen molar-refractivity contribution in [2.75, 3.05) is 13.7 Å². The Morgan fingerprint density at radius 2 is 2.00 bits per heavy atom. The van der Waals surface area contributed by atoms with Crippen LogP contribution in [-0.4, -0.2) is 18.8 Å². The Hall–Kier alpha value is -2.06. The zero-order valence-corrected chi connectivity index (χ0v) is 10.3. The van der Waals surface area contributed by atoms with Crippen LogP contribution in [0.4, 0.5) is 0 Å². The number of allylic oxidation sites excluding steroid dienone is 2. The van der Waals surface area contributed by atoms with E-state index in [-0.39, 0.29) is 6.61 Å². The Labute approximate surface area is 107 Å². The van der Waals surface area contributed by atoms with E-state index in [0.29, 0.717) is 0 Å². The number of hydrogen-bond acceptors (Lipinski definition) is 2. The molecule has 0 aromatic heterocycles. The van der Waals surface area contributed by atoms with E-state index < -0.39 is 0 Å². The van der Waals surface area contributed by atoms with Gasteiger partial charge in [0.2, 0.25) is 0 Å². The molecule has 0 aliphatic heterocycles. The van der Waals surface area contributed by atoms with E-state index in [2.05, 4.69) is 12.1 Å². The van der Waals surface area contributed by atoms with Gasteiger partial charge in [0, 0.05) is 5.56 Å². The van der Waals surface area contributed by atoms with Crippen LogP contribution < -0.4 is 4.74 Å². The minimum atomic E-state index is 0.0538. The summed E-state index contributed by atoms with van der Waals surface area (Å²) in [6.07, 6.45) is 7.41. The van der Waals surface area contributed by atoms with Crippen LogP contribution in [0.15, 0.2) is 54.6 Å². The van der Waals surface area contributed by atoms with Crippen molar-refractivity contribution in [2.45, 2.75) is 0 Å². The summed E-state index contributed by atoms with van der Waals surface area (Å²) in [6.45, 7) is 0.0538. The fourth-order valence-electron chi connectivity index (χ4n) is 1.92. The smallest absolute Gasteiger partial charge is 0.127 e. The molecule has 0 saturated carbocycles.